The van der Waals surface area contributed by atoms with E-state index < -0.39 is 17.9 Å². The highest BCUT2D eigenvalue weighted by Crippen LogP contribution is 2.35. The molecule has 0 aromatic carbocycles. The third-order valence-electron chi connectivity index (χ3n) is 7.65. The van der Waals surface area contributed by atoms with E-state index in [1.807, 2.05) is 48.8 Å². The molecule has 0 amide bonds. The maximum atomic E-state index is 13.8. The molecule has 1 aliphatic heterocycles. The molecule has 1 atom stereocenters. The predicted octanol–water partition coefficient (Wildman–Crippen LogP) is 5.39. The van der Waals surface area contributed by atoms with Crippen LogP contribution in [0.2, 0.25) is 0 Å². The highest BCUT2D eigenvalue weighted by molar-refractivity contribution is 5.53. The second-order valence-corrected chi connectivity index (χ2v) is 10.9. The van der Waals surface area contributed by atoms with Crippen LogP contribution in [0.4, 0.5) is 30.5 Å². The second-order valence-electron chi connectivity index (χ2n) is 10.9. The number of fused-ring (bicyclic) bond motifs is 1. The third kappa shape index (κ3) is 6.42. The molecule has 0 radical (unpaired) electrons. The van der Waals surface area contributed by atoms with Gasteiger partial charge in [-0.2, -0.15) is 13.2 Å². The number of hydrogen-bond donors (Lipinski definition) is 1. The maximum Gasteiger partial charge on any atom is 0.435 e. The molecule has 1 N–H and O–H groups in total. The van der Waals surface area contributed by atoms with Crippen molar-refractivity contribution in [1.29, 1.82) is 0 Å². The molecule has 12 heteroatoms. The number of hydrogen-bond acceptors (Lipinski definition) is 7. The molecule has 226 valence electrons. The molecule has 0 unspecified atom stereocenters. The lowest BCUT2D eigenvalue weighted by molar-refractivity contribution is -0.140. The van der Waals surface area contributed by atoms with E-state index in [1.165, 1.54) is 13.0 Å². The van der Waals surface area contributed by atoms with Crippen molar-refractivity contribution in [3.05, 3.63) is 99.6 Å². The van der Waals surface area contributed by atoms with Crippen LogP contribution >= 0.6 is 0 Å². The second kappa shape index (κ2) is 11.9. The fourth-order valence-electron chi connectivity index (χ4n) is 5.44. The van der Waals surface area contributed by atoms with Crippen molar-refractivity contribution in [2.24, 2.45) is 7.05 Å². The van der Waals surface area contributed by atoms with Crippen molar-refractivity contribution in [3.8, 4) is 0 Å². The number of nitrogens with one attached hydrogen (secondary N) is 1. The first-order valence-corrected chi connectivity index (χ1v) is 14.1. The van der Waals surface area contributed by atoms with Crippen molar-refractivity contribution in [2.75, 3.05) is 41.3 Å². The van der Waals surface area contributed by atoms with Crippen molar-refractivity contribution < 1.29 is 13.2 Å². The number of pyridine rings is 1. The first-order chi connectivity index (χ1) is 20.4. The third-order valence-corrected chi connectivity index (χ3v) is 7.65. The van der Waals surface area contributed by atoms with Crippen LogP contribution < -0.4 is 20.7 Å². The van der Waals surface area contributed by atoms with Gasteiger partial charge in [0.25, 0.3) is 5.56 Å². The van der Waals surface area contributed by atoms with Crippen LogP contribution in [-0.4, -0.2) is 50.1 Å². The molecule has 0 aliphatic carbocycles. The summed E-state index contributed by atoms with van der Waals surface area (Å²) in [6.45, 7) is 9.66. The van der Waals surface area contributed by atoms with E-state index in [1.54, 1.807) is 43.1 Å². The first-order valence-electron chi connectivity index (χ1n) is 14.1. The minimum absolute atomic E-state index is 0.0867. The van der Waals surface area contributed by atoms with Crippen molar-refractivity contribution >= 4 is 23.0 Å². The van der Waals surface area contributed by atoms with E-state index in [0.717, 1.165) is 22.6 Å². The molecule has 1 fully saturated rings. The number of piperazine rings is 1. The number of nitrogens with zero attached hydrogens (tertiary/aromatic N) is 7. The van der Waals surface area contributed by atoms with Crippen molar-refractivity contribution in [2.45, 2.75) is 39.9 Å². The van der Waals surface area contributed by atoms with Gasteiger partial charge in [0.2, 0.25) is 0 Å². The van der Waals surface area contributed by atoms with Gasteiger partial charge in [-0.3, -0.25) is 18.7 Å². The largest absolute Gasteiger partial charge is 0.435 e. The van der Waals surface area contributed by atoms with Gasteiger partial charge in [-0.15, -0.1) is 0 Å². The Morgan fingerprint density at radius 1 is 0.930 bits per heavy atom. The molecule has 0 bridgehead atoms. The maximum absolute atomic E-state index is 13.8. The van der Waals surface area contributed by atoms with Crippen LogP contribution in [0.25, 0.3) is 5.65 Å². The zero-order chi connectivity index (χ0) is 30.9. The Balaban J connectivity index is 1.49. The molecule has 1 aliphatic rings. The summed E-state index contributed by atoms with van der Waals surface area (Å²) in [7, 11) is 1.75. The summed E-state index contributed by atoms with van der Waals surface area (Å²) >= 11 is 0. The van der Waals surface area contributed by atoms with Gasteiger partial charge >= 0.3 is 6.18 Å². The van der Waals surface area contributed by atoms with E-state index in [0.29, 0.717) is 37.6 Å². The molecule has 4 aromatic heterocycles. The first kappa shape index (κ1) is 29.9. The average molecular weight is 593 g/mol. The Morgan fingerprint density at radius 2 is 1.63 bits per heavy atom. The molecule has 9 nitrogen and oxygen atoms in total. The molecule has 43 heavy (non-hydrogen) atoms. The number of aromatic nitrogens is 5. The zero-order valence-corrected chi connectivity index (χ0v) is 24.9. The van der Waals surface area contributed by atoms with Crippen LogP contribution in [-0.2, 0) is 13.2 Å². The zero-order valence-electron chi connectivity index (χ0n) is 24.9. The summed E-state index contributed by atoms with van der Waals surface area (Å²) in [5, 5.41) is 3.02. The average Bonchev–Trinajstić information content (AvgIpc) is 3.45. The minimum atomic E-state index is -4.60. The molecule has 5 heterocycles. The standard InChI is InChI=1S/C31H35F3N8O/c1-20-16-21(2)30(43)39(5)27(40-12-14-41(15-13-40)28-19-35-18-26-36-10-11-42(26)28)9-7-24(17-20)23(4)38-25-8-6-22(3)37-29(25)31(32,33)34/h6-11,16-19,23,38H,12-15H2,1-5H3/t23-/m1/s1. The van der Waals surface area contributed by atoms with Gasteiger partial charge in [0.15, 0.2) is 11.3 Å². The summed E-state index contributed by atoms with van der Waals surface area (Å²) in [5.74, 6) is 1.66. The smallest absolute Gasteiger partial charge is 0.377 e. The minimum Gasteiger partial charge on any atom is -0.377 e. The van der Waals surface area contributed by atoms with E-state index in [9.17, 15) is 18.0 Å². The van der Waals surface area contributed by atoms with Crippen LogP contribution in [0.3, 0.4) is 0 Å². The number of rotatable bonds is 5. The number of aryl methyl sites for hydroxylation is 3. The fourth-order valence-corrected chi connectivity index (χ4v) is 5.44. The molecular formula is C31H35F3N8O. The summed E-state index contributed by atoms with van der Waals surface area (Å²) < 4.78 is 45.0. The van der Waals surface area contributed by atoms with Gasteiger partial charge in [0.1, 0.15) is 11.6 Å². The highest BCUT2D eigenvalue weighted by atomic mass is 19.4. The Hall–Kier alpha value is -4.61. The summed E-state index contributed by atoms with van der Waals surface area (Å²) in [6.07, 6.45) is 2.60. The Bertz CT molecular complexity index is 1750. The number of imidazole rings is 1. The van der Waals surface area contributed by atoms with Crippen LogP contribution in [0.15, 0.2) is 66.0 Å². The quantitative estimate of drug-likeness (QED) is 0.333. The normalized spacial score (nSPS) is 14.5. The Labute approximate surface area is 248 Å². The predicted molar refractivity (Wildman–Crippen MR) is 162 cm³/mol. The number of anilines is 3. The van der Waals surface area contributed by atoms with E-state index >= 15 is 0 Å². The Kier molecular flexibility index (Phi) is 8.30. The molecule has 4 aromatic rings. The lowest BCUT2D eigenvalue weighted by atomic mass is 10.1. The van der Waals surface area contributed by atoms with Gasteiger partial charge < -0.3 is 15.1 Å². The van der Waals surface area contributed by atoms with Gasteiger partial charge in [0.05, 0.1) is 18.1 Å². The highest BCUT2D eigenvalue weighted by Gasteiger charge is 2.36. The Morgan fingerprint density at radius 3 is 2.33 bits per heavy atom. The van der Waals surface area contributed by atoms with E-state index in [4.69, 9.17) is 0 Å². The fraction of sp³-hybridized carbons (Fsp3) is 0.355. The molecular weight excluding hydrogens is 557 g/mol. The summed E-state index contributed by atoms with van der Waals surface area (Å²) in [4.78, 5) is 30.2. The molecule has 0 spiro atoms. The number of alkyl halides is 3. The SMILES string of the molecule is Cc1cc([C@@H](C)Nc2ccc(C)nc2C(F)(F)F)ccc(N2CCN(c3cncc4nccn34)CC2)n(C)c(=O)c(C)c1. The van der Waals surface area contributed by atoms with E-state index in [-0.39, 0.29) is 16.9 Å². The van der Waals surface area contributed by atoms with Crippen LogP contribution in [0.1, 0.15) is 41.0 Å². The number of halogens is 3. The lowest BCUT2D eigenvalue weighted by Gasteiger charge is -2.37. The monoisotopic (exact) mass is 592 g/mol. The molecule has 1 saturated heterocycles. The van der Waals surface area contributed by atoms with Crippen molar-refractivity contribution in [1.82, 2.24) is 23.9 Å². The summed E-state index contributed by atoms with van der Waals surface area (Å²) in [5.41, 5.74) is 2.03. The van der Waals surface area contributed by atoms with Gasteiger partial charge in [-0.1, -0.05) is 23.8 Å². The molecule has 0 saturated carbocycles. The van der Waals surface area contributed by atoms with Gasteiger partial charge in [-0.25, -0.2) is 9.97 Å². The van der Waals surface area contributed by atoms with Crippen LogP contribution in [0.5, 0.6) is 0 Å². The van der Waals surface area contributed by atoms with Gasteiger partial charge in [-0.05, 0) is 51.5 Å². The summed E-state index contributed by atoms with van der Waals surface area (Å²) in [6, 6.07) is 9.91. The van der Waals surface area contributed by atoms with Crippen LogP contribution in [0, 0.1) is 20.8 Å². The molecule has 5 rings (SSSR count). The topological polar surface area (TPSA) is 83.6 Å². The van der Waals surface area contributed by atoms with Gasteiger partial charge in [0, 0.05) is 62.9 Å². The van der Waals surface area contributed by atoms with Crippen molar-refractivity contribution in [3.63, 3.8) is 0 Å². The lowest BCUT2D eigenvalue weighted by Crippen LogP contribution is -2.48. The van der Waals surface area contributed by atoms with E-state index in [2.05, 4.69) is 30.1 Å².